The third kappa shape index (κ3) is 1.50. The van der Waals surface area contributed by atoms with Gasteiger partial charge in [-0.3, -0.25) is 5.10 Å². The van der Waals surface area contributed by atoms with Gasteiger partial charge in [0, 0.05) is 11.6 Å². The van der Waals surface area contributed by atoms with Crippen molar-refractivity contribution in [3.63, 3.8) is 0 Å². The number of nitrogens with two attached hydrogens (primary N) is 1. The Hall–Kier alpha value is -2.49. The summed E-state index contributed by atoms with van der Waals surface area (Å²) < 4.78 is 0. The molecule has 0 saturated heterocycles. The lowest BCUT2D eigenvalue weighted by molar-refractivity contribution is 0.478. The molecule has 4 heteroatoms. The monoisotopic (exact) mass is 225 g/mol. The van der Waals surface area contributed by atoms with Crippen LogP contribution in [0, 0.1) is 0 Å². The van der Waals surface area contributed by atoms with Gasteiger partial charge in [0.2, 0.25) is 0 Å². The fourth-order valence-corrected chi connectivity index (χ4v) is 2.01. The quantitative estimate of drug-likeness (QED) is 0.595. The van der Waals surface area contributed by atoms with E-state index in [1.54, 1.807) is 12.1 Å². The third-order valence-electron chi connectivity index (χ3n) is 2.77. The molecular weight excluding hydrogens is 214 g/mol. The first-order chi connectivity index (χ1) is 8.25. The maximum Gasteiger partial charge on any atom is 0.145 e. The molecule has 0 spiro atoms. The summed E-state index contributed by atoms with van der Waals surface area (Å²) in [4.78, 5) is 0. The first-order valence-electron chi connectivity index (χ1n) is 5.27. The van der Waals surface area contributed by atoms with E-state index in [0.717, 1.165) is 22.0 Å². The number of rotatable bonds is 1. The van der Waals surface area contributed by atoms with Crippen molar-refractivity contribution in [2.75, 3.05) is 5.73 Å². The summed E-state index contributed by atoms with van der Waals surface area (Å²) in [5.41, 5.74) is 7.03. The zero-order chi connectivity index (χ0) is 11.8. The molecule has 0 unspecified atom stereocenters. The fourth-order valence-electron chi connectivity index (χ4n) is 2.01. The van der Waals surface area contributed by atoms with E-state index in [9.17, 15) is 5.11 Å². The molecule has 3 aromatic rings. The topological polar surface area (TPSA) is 74.9 Å². The van der Waals surface area contributed by atoms with Crippen LogP contribution in [0.5, 0.6) is 5.75 Å². The van der Waals surface area contributed by atoms with Gasteiger partial charge in [-0.25, -0.2) is 0 Å². The highest BCUT2D eigenvalue weighted by Gasteiger charge is 2.11. The minimum Gasteiger partial charge on any atom is -0.507 e. The van der Waals surface area contributed by atoms with Crippen molar-refractivity contribution in [3.8, 4) is 17.0 Å². The van der Waals surface area contributed by atoms with Crippen molar-refractivity contribution < 1.29 is 5.11 Å². The third-order valence-corrected chi connectivity index (χ3v) is 2.77. The number of phenols is 1. The number of aromatic nitrogens is 2. The number of phenolic OH excluding ortho intramolecular Hbond substituents is 1. The molecule has 84 valence electrons. The van der Waals surface area contributed by atoms with Crippen LogP contribution in [-0.4, -0.2) is 15.3 Å². The number of benzene rings is 2. The average molecular weight is 225 g/mol. The van der Waals surface area contributed by atoms with Crippen molar-refractivity contribution in [3.05, 3.63) is 42.5 Å². The second-order valence-corrected chi connectivity index (χ2v) is 3.89. The molecule has 0 fully saturated rings. The smallest absolute Gasteiger partial charge is 0.145 e. The van der Waals surface area contributed by atoms with Gasteiger partial charge in [0.25, 0.3) is 0 Å². The molecule has 17 heavy (non-hydrogen) atoms. The molecule has 0 aliphatic rings. The molecule has 0 atom stereocenters. The largest absolute Gasteiger partial charge is 0.507 e. The Morgan fingerprint density at radius 1 is 1.12 bits per heavy atom. The molecule has 0 amide bonds. The summed E-state index contributed by atoms with van der Waals surface area (Å²) in [6.07, 6.45) is 0. The van der Waals surface area contributed by atoms with Gasteiger partial charge in [-0.15, -0.1) is 0 Å². The summed E-state index contributed by atoms with van der Waals surface area (Å²) in [7, 11) is 0. The second kappa shape index (κ2) is 3.52. The SMILES string of the molecule is Nc1cc(-c2c(O)ccc3ccccc23)[nH]n1. The van der Waals surface area contributed by atoms with Gasteiger partial charge in [-0.2, -0.15) is 5.10 Å². The number of nitrogen functional groups attached to an aromatic ring is 1. The summed E-state index contributed by atoms with van der Waals surface area (Å²) in [5.74, 6) is 0.625. The zero-order valence-corrected chi connectivity index (χ0v) is 9.01. The molecular formula is C13H11N3O. The average Bonchev–Trinajstić information content (AvgIpc) is 2.75. The standard InChI is InChI=1S/C13H11N3O/c14-12-7-10(15-16-12)13-9-4-2-1-3-8(9)5-6-11(13)17/h1-7,17H,(H3,14,15,16). The van der Waals surface area contributed by atoms with Gasteiger partial charge in [0.1, 0.15) is 11.6 Å². The number of hydrogen-bond acceptors (Lipinski definition) is 3. The van der Waals surface area contributed by atoms with Crippen LogP contribution in [0.15, 0.2) is 42.5 Å². The lowest BCUT2D eigenvalue weighted by Gasteiger charge is -2.06. The number of aromatic hydroxyl groups is 1. The molecule has 4 N–H and O–H groups in total. The Labute approximate surface area is 97.7 Å². The number of nitrogens with zero attached hydrogens (tertiary/aromatic N) is 1. The summed E-state index contributed by atoms with van der Waals surface area (Å²) in [6.45, 7) is 0. The first kappa shape index (κ1) is 9.72. The Balaban J connectivity index is 2.38. The molecule has 0 bridgehead atoms. The van der Waals surface area contributed by atoms with Crippen molar-refractivity contribution in [1.29, 1.82) is 0 Å². The maximum atomic E-state index is 9.98. The van der Waals surface area contributed by atoms with Gasteiger partial charge < -0.3 is 10.8 Å². The number of H-pyrrole nitrogens is 1. The van der Waals surface area contributed by atoms with Gasteiger partial charge in [-0.05, 0) is 16.8 Å². The molecule has 0 aliphatic carbocycles. The number of anilines is 1. The number of nitrogens with one attached hydrogen (secondary N) is 1. The molecule has 2 aromatic carbocycles. The lowest BCUT2D eigenvalue weighted by atomic mass is 10.0. The van der Waals surface area contributed by atoms with E-state index < -0.39 is 0 Å². The van der Waals surface area contributed by atoms with Gasteiger partial charge in [0.05, 0.1) is 5.69 Å². The molecule has 4 nitrogen and oxygen atoms in total. The Morgan fingerprint density at radius 3 is 2.71 bits per heavy atom. The van der Waals surface area contributed by atoms with Crippen molar-refractivity contribution in [2.24, 2.45) is 0 Å². The Bertz CT molecular complexity index is 688. The maximum absolute atomic E-state index is 9.98. The first-order valence-corrected chi connectivity index (χ1v) is 5.27. The summed E-state index contributed by atoms with van der Waals surface area (Å²) in [5, 5.41) is 18.7. The van der Waals surface area contributed by atoms with E-state index in [1.807, 2.05) is 30.3 Å². The van der Waals surface area contributed by atoms with E-state index in [2.05, 4.69) is 10.2 Å². The van der Waals surface area contributed by atoms with Crippen molar-refractivity contribution >= 4 is 16.6 Å². The van der Waals surface area contributed by atoms with Gasteiger partial charge in [-0.1, -0.05) is 30.3 Å². The van der Waals surface area contributed by atoms with E-state index >= 15 is 0 Å². The minimum atomic E-state index is 0.215. The van der Waals surface area contributed by atoms with Crippen LogP contribution in [0.3, 0.4) is 0 Å². The van der Waals surface area contributed by atoms with Crippen LogP contribution in [0.4, 0.5) is 5.82 Å². The van der Waals surface area contributed by atoms with Crippen LogP contribution in [-0.2, 0) is 0 Å². The highest BCUT2D eigenvalue weighted by molar-refractivity contribution is 5.98. The van der Waals surface area contributed by atoms with Crippen LogP contribution in [0.25, 0.3) is 22.0 Å². The summed E-state index contributed by atoms with van der Waals surface area (Å²) in [6, 6.07) is 13.1. The molecule has 1 heterocycles. The Morgan fingerprint density at radius 2 is 1.94 bits per heavy atom. The number of fused-ring (bicyclic) bond motifs is 1. The highest BCUT2D eigenvalue weighted by Crippen LogP contribution is 2.35. The Kier molecular flexibility index (Phi) is 2.01. The lowest BCUT2D eigenvalue weighted by Crippen LogP contribution is -1.83. The highest BCUT2D eigenvalue weighted by atomic mass is 16.3. The minimum absolute atomic E-state index is 0.215. The predicted octanol–water partition coefficient (Wildman–Crippen LogP) is 2.52. The molecule has 0 radical (unpaired) electrons. The van der Waals surface area contributed by atoms with Crippen molar-refractivity contribution in [2.45, 2.75) is 0 Å². The van der Waals surface area contributed by atoms with E-state index in [1.165, 1.54) is 0 Å². The van der Waals surface area contributed by atoms with Crippen LogP contribution in [0.2, 0.25) is 0 Å². The normalized spacial score (nSPS) is 10.8. The molecule has 0 aliphatic heterocycles. The number of hydrogen-bond donors (Lipinski definition) is 3. The molecule has 0 saturated carbocycles. The van der Waals surface area contributed by atoms with Gasteiger partial charge in [0.15, 0.2) is 0 Å². The van der Waals surface area contributed by atoms with Crippen molar-refractivity contribution in [1.82, 2.24) is 10.2 Å². The second-order valence-electron chi connectivity index (χ2n) is 3.89. The van der Waals surface area contributed by atoms with E-state index in [4.69, 9.17) is 5.73 Å². The van der Waals surface area contributed by atoms with Crippen LogP contribution in [0.1, 0.15) is 0 Å². The van der Waals surface area contributed by atoms with E-state index in [-0.39, 0.29) is 5.75 Å². The van der Waals surface area contributed by atoms with Crippen LogP contribution < -0.4 is 5.73 Å². The van der Waals surface area contributed by atoms with E-state index in [0.29, 0.717) is 5.82 Å². The number of aromatic amines is 1. The van der Waals surface area contributed by atoms with Gasteiger partial charge >= 0.3 is 0 Å². The molecule has 3 rings (SSSR count). The zero-order valence-electron chi connectivity index (χ0n) is 9.01. The molecule has 1 aromatic heterocycles. The predicted molar refractivity (Wildman–Crippen MR) is 67.6 cm³/mol. The summed E-state index contributed by atoms with van der Waals surface area (Å²) >= 11 is 0. The van der Waals surface area contributed by atoms with Crippen LogP contribution >= 0.6 is 0 Å². The fraction of sp³-hybridized carbons (Fsp3) is 0.